The van der Waals surface area contributed by atoms with Gasteiger partial charge in [0.25, 0.3) is 0 Å². The molecule has 0 unspecified atom stereocenters. The van der Waals surface area contributed by atoms with Crippen LogP contribution in [0.4, 0.5) is 11.4 Å². The van der Waals surface area contributed by atoms with Crippen molar-refractivity contribution in [2.45, 2.75) is 97.8 Å². The second-order valence-corrected chi connectivity index (χ2v) is 19.3. The van der Waals surface area contributed by atoms with E-state index in [1.54, 1.807) is 0 Å². The molecule has 0 saturated heterocycles. The number of hydrogen-bond donors (Lipinski definition) is 0. The minimum absolute atomic E-state index is 0. The first-order chi connectivity index (χ1) is 27.4. The number of allylic oxidation sites excluding steroid dienone is 1. The average molecular weight is 959 g/mol. The van der Waals surface area contributed by atoms with Gasteiger partial charge < -0.3 is 19.1 Å². The fraction of sp³-hybridized carbons (Fsp3) is 0.283. The van der Waals surface area contributed by atoms with Gasteiger partial charge in [-0.25, -0.2) is 4.98 Å². The molecule has 0 fully saturated rings. The monoisotopic (exact) mass is 958 g/mol. The molecule has 0 spiro atoms. The quantitative estimate of drug-likeness (QED) is 0.149. The van der Waals surface area contributed by atoms with Crippen LogP contribution in [0.15, 0.2) is 133 Å². The number of pyridine rings is 1. The third-order valence-electron chi connectivity index (χ3n) is 11.5. The van der Waals surface area contributed by atoms with Gasteiger partial charge in [0.05, 0.1) is 0 Å². The van der Waals surface area contributed by atoms with Crippen LogP contribution < -0.4 is 14.5 Å². The van der Waals surface area contributed by atoms with Gasteiger partial charge in [-0.05, 0) is 80.4 Å². The zero-order valence-corrected chi connectivity index (χ0v) is 38.5. The van der Waals surface area contributed by atoms with Crippen molar-refractivity contribution in [1.82, 2.24) is 9.55 Å². The number of ether oxygens (including phenoxy) is 1. The van der Waals surface area contributed by atoms with Crippen LogP contribution >= 0.6 is 0 Å². The fourth-order valence-electron chi connectivity index (χ4n) is 7.80. The molecule has 0 N–H and O–H groups in total. The van der Waals surface area contributed by atoms with Gasteiger partial charge in [-0.3, -0.25) is 0 Å². The van der Waals surface area contributed by atoms with E-state index in [-0.39, 0.29) is 42.7 Å². The van der Waals surface area contributed by atoms with Gasteiger partial charge in [0.15, 0.2) is 0 Å². The van der Waals surface area contributed by atoms with Crippen molar-refractivity contribution in [3.63, 3.8) is 0 Å². The third kappa shape index (κ3) is 8.24. The second-order valence-electron chi connectivity index (χ2n) is 19.3. The van der Waals surface area contributed by atoms with Crippen LogP contribution in [0, 0.1) is 18.8 Å². The largest absolute Gasteiger partial charge is 0.509 e. The molecule has 0 saturated carbocycles. The first kappa shape index (κ1) is 42.0. The number of rotatable bonds is 7. The van der Waals surface area contributed by atoms with Crippen molar-refractivity contribution in [3.05, 3.63) is 174 Å². The van der Waals surface area contributed by atoms with Crippen LogP contribution in [0.25, 0.3) is 27.6 Å². The summed E-state index contributed by atoms with van der Waals surface area (Å²) < 4.78 is 8.91. The van der Waals surface area contributed by atoms with Crippen molar-refractivity contribution < 1.29 is 25.8 Å². The Morgan fingerprint density at radius 3 is 1.93 bits per heavy atom. The molecule has 0 aliphatic carbocycles. The fourth-order valence-corrected chi connectivity index (χ4v) is 7.80. The Bertz CT molecular complexity index is 2670. The molecule has 0 radical (unpaired) electrons. The standard InChI is InChI=1S/C53H55N4O.Pt/c1-50(2,3)37-19-15-20-40(29-37)55-34-48(53(10,11)36-17-13-12-14-18-36)56(35-55)41-21-16-22-42(32-41)58-43-24-25-44-45-30-38(51(4,5)6)23-26-46(45)57(47(44)33-43)49-31-39(27-28-54-49)52(7,8)9;/h12-31,34-35H,1-11H3;/q-3;. The maximum atomic E-state index is 6.68. The summed E-state index contributed by atoms with van der Waals surface area (Å²) in [6.07, 6.45) is 4.17. The molecule has 2 aromatic heterocycles. The van der Waals surface area contributed by atoms with E-state index in [0.29, 0.717) is 11.5 Å². The Morgan fingerprint density at radius 2 is 1.22 bits per heavy atom. The Morgan fingerprint density at radius 1 is 0.576 bits per heavy atom. The van der Waals surface area contributed by atoms with Gasteiger partial charge >= 0.3 is 0 Å². The maximum absolute atomic E-state index is 6.68. The van der Waals surface area contributed by atoms with Crippen LogP contribution in [0.3, 0.4) is 0 Å². The average Bonchev–Trinajstić information content (AvgIpc) is 3.78. The smallest absolute Gasteiger partial charge is 0.135 e. The minimum Gasteiger partial charge on any atom is -0.509 e. The van der Waals surface area contributed by atoms with Crippen molar-refractivity contribution in [3.8, 4) is 17.3 Å². The SMILES string of the molecule is CC(C)(C)c1cccc(N2C=C(C(C)(C)c3ccccc3)N(c3[c-]c(Oc4[c-]c5c(cc4)c4cc(C(C)(C)C)ccc4n5-c4cc(C(C)(C)C)ccn4)ccc3)[CH-]2)c1.[Pt]. The number of nitrogens with zero attached hydrogens (tertiary/aromatic N) is 4. The molecule has 5 nitrogen and oxygen atoms in total. The number of aromatic nitrogens is 2. The molecule has 0 atom stereocenters. The van der Waals surface area contributed by atoms with E-state index in [4.69, 9.17) is 9.72 Å². The topological polar surface area (TPSA) is 33.5 Å². The summed E-state index contributed by atoms with van der Waals surface area (Å²) >= 11 is 0. The number of hydrogen-bond acceptors (Lipinski definition) is 4. The van der Waals surface area contributed by atoms with Gasteiger partial charge in [-0.1, -0.05) is 136 Å². The van der Waals surface area contributed by atoms with Gasteiger partial charge in [-0.2, -0.15) is 12.1 Å². The summed E-state index contributed by atoms with van der Waals surface area (Å²) in [5, 5.41) is 2.28. The van der Waals surface area contributed by atoms with Gasteiger partial charge in [0.1, 0.15) is 5.82 Å². The minimum atomic E-state index is -0.323. The van der Waals surface area contributed by atoms with Crippen LogP contribution in [0.5, 0.6) is 11.5 Å². The van der Waals surface area contributed by atoms with Crippen LogP contribution in [0.2, 0.25) is 0 Å². The Hall–Kier alpha value is -5.12. The van der Waals surface area contributed by atoms with Gasteiger partial charge in [0.2, 0.25) is 0 Å². The third-order valence-corrected chi connectivity index (χ3v) is 11.5. The summed E-state index contributed by atoms with van der Waals surface area (Å²) in [5.41, 5.74) is 9.84. The second kappa shape index (κ2) is 15.5. The van der Waals surface area contributed by atoms with Gasteiger partial charge in [-0.15, -0.1) is 48.1 Å². The van der Waals surface area contributed by atoms with E-state index < -0.39 is 0 Å². The molecule has 8 rings (SSSR count). The van der Waals surface area contributed by atoms with Crippen molar-refractivity contribution >= 4 is 33.2 Å². The first-order valence-corrected chi connectivity index (χ1v) is 20.4. The normalized spacial score (nSPS) is 13.8. The molecular weight excluding hydrogens is 904 g/mol. The molecule has 3 heterocycles. The zero-order valence-electron chi connectivity index (χ0n) is 36.2. The molecule has 59 heavy (non-hydrogen) atoms. The van der Waals surface area contributed by atoms with E-state index in [0.717, 1.165) is 39.3 Å². The van der Waals surface area contributed by atoms with E-state index in [1.165, 1.54) is 27.6 Å². The Kier molecular flexibility index (Phi) is 11.0. The van der Waals surface area contributed by atoms with Crippen molar-refractivity contribution in [1.29, 1.82) is 0 Å². The number of fused-ring (bicyclic) bond motifs is 3. The van der Waals surface area contributed by atoms with E-state index in [2.05, 4.69) is 213 Å². The predicted octanol–water partition coefficient (Wildman–Crippen LogP) is 13.7. The molecule has 6 heteroatoms. The van der Waals surface area contributed by atoms with Crippen LogP contribution in [-0.4, -0.2) is 9.55 Å². The Balaban J connectivity index is 0.00000528. The summed E-state index contributed by atoms with van der Waals surface area (Å²) in [7, 11) is 0. The van der Waals surface area contributed by atoms with E-state index in [9.17, 15) is 0 Å². The summed E-state index contributed by atoms with van der Waals surface area (Å²) in [6.45, 7) is 27.0. The molecule has 5 aromatic carbocycles. The molecule has 306 valence electrons. The molecule has 0 bridgehead atoms. The maximum Gasteiger partial charge on any atom is 0.135 e. The van der Waals surface area contributed by atoms with Crippen molar-refractivity contribution in [2.24, 2.45) is 0 Å². The number of benzene rings is 5. The first-order valence-electron chi connectivity index (χ1n) is 20.4. The zero-order chi connectivity index (χ0) is 41.2. The summed E-state index contributed by atoms with van der Waals surface area (Å²) in [4.78, 5) is 9.38. The van der Waals surface area contributed by atoms with E-state index >= 15 is 0 Å². The summed E-state index contributed by atoms with van der Waals surface area (Å²) in [5.74, 6) is 2.08. The molecular formula is C53H55N4OPt-3. The predicted molar refractivity (Wildman–Crippen MR) is 242 cm³/mol. The van der Waals surface area contributed by atoms with Gasteiger partial charge in [0, 0.05) is 61.1 Å². The van der Waals surface area contributed by atoms with Crippen LogP contribution in [-0.2, 0) is 42.7 Å². The van der Waals surface area contributed by atoms with Crippen molar-refractivity contribution in [2.75, 3.05) is 9.80 Å². The van der Waals surface area contributed by atoms with Crippen LogP contribution in [0.1, 0.15) is 98.4 Å². The molecule has 0 amide bonds. The Labute approximate surface area is 366 Å². The molecule has 7 aromatic rings. The number of anilines is 2. The van der Waals surface area contributed by atoms with E-state index in [1.807, 2.05) is 24.4 Å². The molecule has 1 aliphatic heterocycles. The molecule has 1 aliphatic rings. The summed E-state index contributed by atoms with van der Waals surface area (Å²) in [6, 6.07) is 48.2.